The normalized spacial score (nSPS) is 14.2. The summed E-state index contributed by atoms with van der Waals surface area (Å²) < 4.78 is 10.1. The van der Waals surface area contributed by atoms with Crippen LogP contribution in [-0.4, -0.2) is 30.6 Å². The van der Waals surface area contributed by atoms with E-state index in [1.807, 2.05) is 13.0 Å². The summed E-state index contributed by atoms with van der Waals surface area (Å²) in [6.45, 7) is 4.94. The second kappa shape index (κ2) is 9.05. The predicted molar refractivity (Wildman–Crippen MR) is 89.0 cm³/mol. The van der Waals surface area contributed by atoms with E-state index in [0.29, 0.717) is 24.8 Å². The third kappa shape index (κ3) is 4.81. The van der Waals surface area contributed by atoms with Crippen LogP contribution in [0, 0.1) is 0 Å². The quantitative estimate of drug-likeness (QED) is 0.738. The van der Waals surface area contributed by atoms with Crippen molar-refractivity contribution in [2.45, 2.75) is 51.7 Å². The van der Waals surface area contributed by atoms with Gasteiger partial charge < -0.3 is 14.8 Å². The highest BCUT2D eigenvalue weighted by molar-refractivity contribution is 5.91. The van der Waals surface area contributed by atoms with Crippen molar-refractivity contribution in [1.82, 2.24) is 5.32 Å². The minimum Gasteiger partial charge on any atom is -0.467 e. The van der Waals surface area contributed by atoms with E-state index >= 15 is 0 Å². The zero-order valence-electron chi connectivity index (χ0n) is 14.6. The molecule has 1 amide bonds. The lowest BCUT2D eigenvalue weighted by atomic mass is 9.92. The van der Waals surface area contributed by atoms with E-state index in [4.69, 9.17) is 9.47 Å². The SMILES string of the molecule is CCC[C@](CC)(OC(C)=O)C(=O)N[C@@H](C(=O)OC)c1ccccc1. The molecule has 0 aromatic heterocycles. The van der Waals surface area contributed by atoms with Gasteiger partial charge in [0.2, 0.25) is 0 Å². The third-order valence-electron chi connectivity index (χ3n) is 3.82. The molecule has 0 saturated heterocycles. The fourth-order valence-electron chi connectivity index (χ4n) is 2.60. The van der Waals surface area contributed by atoms with Crippen LogP contribution in [0.25, 0.3) is 0 Å². The molecule has 0 unspecified atom stereocenters. The van der Waals surface area contributed by atoms with E-state index in [1.54, 1.807) is 31.2 Å². The van der Waals surface area contributed by atoms with Crippen LogP contribution in [0.15, 0.2) is 30.3 Å². The number of rotatable bonds is 8. The summed E-state index contributed by atoms with van der Waals surface area (Å²) >= 11 is 0. The zero-order chi connectivity index (χ0) is 18.2. The molecule has 6 nitrogen and oxygen atoms in total. The lowest BCUT2D eigenvalue weighted by molar-refractivity contribution is -0.169. The number of ether oxygens (including phenoxy) is 2. The summed E-state index contributed by atoms with van der Waals surface area (Å²) in [6, 6.07) is 7.83. The summed E-state index contributed by atoms with van der Waals surface area (Å²) in [5.41, 5.74) is -0.691. The molecule has 0 heterocycles. The molecule has 0 saturated carbocycles. The average Bonchev–Trinajstić information content (AvgIpc) is 2.58. The summed E-state index contributed by atoms with van der Waals surface area (Å²) in [4.78, 5) is 36.4. The van der Waals surface area contributed by atoms with Crippen molar-refractivity contribution >= 4 is 17.8 Å². The summed E-state index contributed by atoms with van der Waals surface area (Å²) in [5.74, 6) is -1.62. The molecule has 24 heavy (non-hydrogen) atoms. The van der Waals surface area contributed by atoms with Crippen LogP contribution in [0.3, 0.4) is 0 Å². The van der Waals surface area contributed by atoms with E-state index in [-0.39, 0.29) is 0 Å². The van der Waals surface area contributed by atoms with Crippen molar-refractivity contribution in [3.8, 4) is 0 Å². The monoisotopic (exact) mass is 335 g/mol. The van der Waals surface area contributed by atoms with Crippen molar-refractivity contribution in [2.75, 3.05) is 7.11 Å². The van der Waals surface area contributed by atoms with Gasteiger partial charge in [0, 0.05) is 6.92 Å². The van der Waals surface area contributed by atoms with Gasteiger partial charge in [-0.1, -0.05) is 50.6 Å². The van der Waals surface area contributed by atoms with Crippen molar-refractivity contribution in [3.05, 3.63) is 35.9 Å². The molecule has 0 spiro atoms. The molecular weight excluding hydrogens is 310 g/mol. The van der Waals surface area contributed by atoms with Crippen molar-refractivity contribution in [1.29, 1.82) is 0 Å². The van der Waals surface area contributed by atoms with Gasteiger partial charge in [0.25, 0.3) is 5.91 Å². The Hall–Kier alpha value is -2.37. The Morgan fingerprint density at radius 2 is 1.79 bits per heavy atom. The first-order chi connectivity index (χ1) is 11.4. The van der Waals surface area contributed by atoms with E-state index < -0.39 is 29.5 Å². The molecule has 1 aromatic rings. The largest absolute Gasteiger partial charge is 0.467 e. The number of carbonyl (C=O) groups excluding carboxylic acids is 3. The Morgan fingerprint density at radius 3 is 2.25 bits per heavy atom. The van der Waals surface area contributed by atoms with Gasteiger partial charge >= 0.3 is 11.9 Å². The number of methoxy groups -OCH3 is 1. The molecule has 1 N–H and O–H groups in total. The Kier molecular flexibility index (Phi) is 7.42. The van der Waals surface area contributed by atoms with Gasteiger partial charge in [-0.15, -0.1) is 0 Å². The number of hydrogen-bond acceptors (Lipinski definition) is 5. The standard InChI is InChI=1S/C18H25NO5/c1-5-12-18(6-2,24-13(3)20)17(22)19-15(16(21)23-4)14-10-8-7-9-11-14/h7-11,15H,5-6,12H2,1-4H3,(H,19,22)/t15-,18+/m1/s1. The van der Waals surface area contributed by atoms with Gasteiger partial charge in [0.1, 0.15) is 0 Å². The van der Waals surface area contributed by atoms with E-state index in [9.17, 15) is 14.4 Å². The molecule has 0 bridgehead atoms. The summed E-state index contributed by atoms with van der Waals surface area (Å²) in [5, 5.41) is 2.68. The number of nitrogens with one attached hydrogen (secondary N) is 1. The molecule has 2 atom stereocenters. The minimum absolute atomic E-state index is 0.314. The molecule has 0 radical (unpaired) electrons. The van der Waals surface area contributed by atoms with Gasteiger partial charge in [-0.2, -0.15) is 0 Å². The molecule has 0 aliphatic carbocycles. The van der Waals surface area contributed by atoms with Crippen LogP contribution in [0.4, 0.5) is 0 Å². The summed E-state index contributed by atoms with van der Waals surface area (Å²) in [6.07, 6.45) is 1.34. The maximum atomic E-state index is 12.8. The van der Waals surface area contributed by atoms with Crippen LogP contribution in [0.1, 0.15) is 51.6 Å². The number of esters is 2. The second-order valence-electron chi connectivity index (χ2n) is 5.53. The Labute approximate surface area is 142 Å². The molecule has 0 aliphatic rings. The van der Waals surface area contributed by atoms with Gasteiger partial charge in [-0.05, 0) is 18.4 Å². The first-order valence-corrected chi connectivity index (χ1v) is 8.03. The first kappa shape index (κ1) is 19.7. The highest BCUT2D eigenvalue weighted by Crippen LogP contribution is 2.25. The fourth-order valence-corrected chi connectivity index (χ4v) is 2.60. The number of benzene rings is 1. The second-order valence-corrected chi connectivity index (χ2v) is 5.53. The predicted octanol–water partition coefficient (Wildman–Crippen LogP) is 2.53. The first-order valence-electron chi connectivity index (χ1n) is 8.03. The van der Waals surface area contributed by atoms with Gasteiger partial charge in [-0.3, -0.25) is 9.59 Å². The van der Waals surface area contributed by atoms with Crippen LogP contribution in [0.2, 0.25) is 0 Å². The highest BCUT2D eigenvalue weighted by atomic mass is 16.6. The maximum Gasteiger partial charge on any atom is 0.333 e. The van der Waals surface area contributed by atoms with E-state index in [0.717, 1.165) is 0 Å². The summed E-state index contributed by atoms with van der Waals surface area (Å²) in [7, 11) is 1.26. The molecule has 1 rings (SSSR count). The molecule has 0 aliphatic heterocycles. The van der Waals surface area contributed by atoms with E-state index in [2.05, 4.69) is 5.32 Å². The third-order valence-corrected chi connectivity index (χ3v) is 3.82. The molecule has 132 valence electrons. The minimum atomic E-state index is -1.29. The lowest BCUT2D eigenvalue weighted by Gasteiger charge is -2.32. The zero-order valence-corrected chi connectivity index (χ0v) is 14.6. The molecule has 6 heteroatoms. The topological polar surface area (TPSA) is 81.7 Å². The smallest absolute Gasteiger partial charge is 0.333 e. The maximum absolute atomic E-state index is 12.8. The van der Waals surface area contributed by atoms with Gasteiger partial charge in [0.15, 0.2) is 11.6 Å². The van der Waals surface area contributed by atoms with Gasteiger partial charge in [0.05, 0.1) is 7.11 Å². The van der Waals surface area contributed by atoms with Crippen molar-refractivity contribution < 1.29 is 23.9 Å². The number of hydrogen-bond donors (Lipinski definition) is 1. The van der Waals surface area contributed by atoms with E-state index in [1.165, 1.54) is 14.0 Å². The Bertz CT molecular complexity index is 572. The van der Waals surface area contributed by atoms with Gasteiger partial charge in [-0.25, -0.2) is 4.79 Å². The van der Waals surface area contributed by atoms with Crippen LogP contribution < -0.4 is 5.32 Å². The Morgan fingerprint density at radius 1 is 1.17 bits per heavy atom. The van der Waals surface area contributed by atoms with Crippen LogP contribution >= 0.6 is 0 Å². The number of amides is 1. The highest BCUT2D eigenvalue weighted by Gasteiger charge is 2.41. The average molecular weight is 335 g/mol. The van der Waals surface area contributed by atoms with Crippen molar-refractivity contribution in [3.63, 3.8) is 0 Å². The fraction of sp³-hybridized carbons (Fsp3) is 0.500. The molecule has 1 aromatic carbocycles. The lowest BCUT2D eigenvalue weighted by Crippen LogP contribution is -2.51. The number of carbonyl (C=O) groups is 3. The van der Waals surface area contributed by atoms with Crippen LogP contribution in [0.5, 0.6) is 0 Å². The Balaban J connectivity index is 3.12. The molecule has 0 fully saturated rings. The molecular formula is C18H25NO5. The van der Waals surface area contributed by atoms with Crippen molar-refractivity contribution in [2.24, 2.45) is 0 Å². The van der Waals surface area contributed by atoms with Crippen LogP contribution in [-0.2, 0) is 23.9 Å².